The van der Waals surface area contributed by atoms with Crippen LogP contribution >= 0.6 is 0 Å². The Labute approximate surface area is 195 Å². The number of rotatable bonds is 10. The Kier molecular flexibility index (Phi) is 10.6. The summed E-state index contributed by atoms with van der Waals surface area (Å²) in [6.45, 7) is 6.79. The van der Waals surface area contributed by atoms with Gasteiger partial charge in [-0.2, -0.15) is 0 Å². The van der Waals surface area contributed by atoms with Crippen LogP contribution < -0.4 is 0 Å². The SMILES string of the molecule is C=CC(=O)OCC1CCC(COC(=O)CC2CCC(C3CCC(CCC)CC3)CC2)CC1. The summed E-state index contributed by atoms with van der Waals surface area (Å²) in [5.74, 6) is 3.95. The summed E-state index contributed by atoms with van der Waals surface area (Å²) in [5.41, 5.74) is 0. The maximum absolute atomic E-state index is 12.4. The quantitative estimate of drug-likeness (QED) is 0.271. The molecule has 3 saturated carbocycles. The molecule has 3 rings (SSSR count). The Balaban J connectivity index is 1.24. The van der Waals surface area contributed by atoms with Gasteiger partial charge in [0.05, 0.1) is 13.2 Å². The molecule has 3 aliphatic rings. The fourth-order valence-electron chi connectivity index (χ4n) is 6.55. The molecule has 3 aliphatic carbocycles. The van der Waals surface area contributed by atoms with E-state index in [0.29, 0.717) is 37.4 Å². The molecule has 0 amide bonds. The van der Waals surface area contributed by atoms with Gasteiger partial charge in [-0.05, 0) is 99.7 Å². The number of hydrogen-bond acceptors (Lipinski definition) is 4. The Morgan fingerprint density at radius 2 is 1.19 bits per heavy atom. The van der Waals surface area contributed by atoms with Crippen molar-refractivity contribution in [2.24, 2.45) is 35.5 Å². The van der Waals surface area contributed by atoms with Gasteiger partial charge in [-0.3, -0.25) is 4.79 Å². The molecule has 0 N–H and O–H groups in total. The third-order valence-electron chi connectivity index (χ3n) is 8.68. The van der Waals surface area contributed by atoms with Crippen LogP contribution in [0.1, 0.15) is 103 Å². The Hall–Kier alpha value is -1.32. The third kappa shape index (κ3) is 8.23. The van der Waals surface area contributed by atoms with Crippen molar-refractivity contribution in [3.63, 3.8) is 0 Å². The van der Waals surface area contributed by atoms with E-state index in [-0.39, 0.29) is 11.9 Å². The molecule has 0 aromatic heterocycles. The second-order valence-electron chi connectivity index (χ2n) is 11.0. The molecule has 0 aromatic carbocycles. The first kappa shape index (κ1) is 25.3. The van der Waals surface area contributed by atoms with Crippen molar-refractivity contribution in [2.45, 2.75) is 103 Å². The van der Waals surface area contributed by atoms with E-state index in [1.165, 1.54) is 70.3 Å². The topological polar surface area (TPSA) is 52.6 Å². The van der Waals surface area contributed by atoms with E-state index in [4.69, 9.17) is 9.47 Å². The normalized spacial score (nSPS) is 33.3. The summed E-state index contributed by atoms with van der Waals surface area (Å²) in [5, 5.41) is 0. The van der Waals surface area contributed by atoms with E-state index in [1.807, 2.05) is 0 Å². The molecule has 32 heavy (non-hydrogen) atoms. The summed E-state index contributed by atoms with van der Waals surface area (Å²) in [6, 6.07) is 0. The zero-order chi connectivity index (χ0) is 22.8. The molecule has 0 radical (unpaired) electrons. The van der Waals surface area contributed by atoms with Gasteiger partial charge >= 0.3 is 11.9 Å². The Morgan fingerprint density at radius 1 is 0.719 bits per heavy atom. The van der Waals surface area contributed by atoms with Gasteiger partial charge in [0.1, 0.15) is 0 Å². The fourth-order valence-corrected chi connectivity index (χ4v) is 6.55. The predicted molar refractivity (Wildman–Crippen MR) is 128 cm³/mol. The van der Waals surface area contributed by atoms with Crippen LogP contribution in [-0.4, -0.2) is 25.2 Å². The molecular formula is C28H46O4. The number of hydrogen-bond donors (Lipinski definition) is 0. The smallest absolute Gasteiger partial charge is 0.330 e. The maximum atomic E-state index is 12.4. The lowest BCUT2D eigenvalue weighted by molar-refractivity contribution is -0.147. The van der Waals surface area contributed by atoms with Gasteiger partial charge in [0.15, 0.2) is 0 Å². The predicted octanol–water partition coefficient (Wildman–Crippen LogP) is 6.87. The zero-order valence-corrected chi connectivity index (χ0v) is 20.4. The second kappa shape index (κ2) is 13.4. The van der Waals surface area contributed by atoms with Crippen LogP contribution in [0, 0.1) is 35.5 Å². The molecule has 0 bridgehead atoms. The Bertz CT molecular complexity index is 576. The lowest BCUT2D eigenvalue weighted by Crippen LogP contribution is -2.27. The monoisotopic (exact) mass is 446 g/mol. The van der Waals surface area contributed by atoms with E-state index < -0.39 is 0 Å². The average Bonchev–Trinajstić information content (AvgIpc) is 2.83. The molecule has 0 atom stereocenters. The highest BCUT2D eigenvalue weighted by atomic mass is 16.5. The highest BCUT2D eigenvalue weighted by molar-refractivity contribution is 5.81. The standard InChI is InChI=1S/C28H46O4/c1-3-5-21-10-14-25(15-11-21)26-16-12-22(13-17-26)18-28(30)32-20-24-8-6-23(7-9-24)19-31-27(29)4-2/h4,21-26H,2-3,5-20H2,1H3. The second-order valence-corrected chi connectivity index (χ2v) is 11.0. The first-order chi connectivity index (χ1) is 15.6. The molecule has 4 nitrogen and oxygen atoms in total. The molecule has 0 heterocycles. The van der Waals surface area contributed by atoms with Crippen LogP contribution in [0.2, 0.25) is 0 Å². The summed E-state index contributed by atoms with van der Waals surface area (Å²) in [7, 11) is 0. The third-order valence-corrected chi connectivity index (χ3v) is 8.68. The van der Waals surface area contributed by atoms with Crippen molar-refractivity contribution in [1.82, 2.24) is 0 Å². The molecule has 0 spiro atoms. The van der Waals surface area contributed by atoms with Crippen LogP contribution in [0.25, 0.3) is 0 Å². The minimum atomic E-state index is -0.338. The largest absolute Gasteiger partial charge is 0.465 e. The zero-order valence-electron chi connectivity index (χ0n) is 20.4. The molecule has 182 valence electrons. The summed E-state index contributed by atoms with van der Waals surface area (Å²) in [6.07, 6.45) is 19.6. The van der Waals surface area contributed by atoms with Crippen molar-refractivity contribution in [1.29, 1.82) is 0 Å². The van der Waals surface area contributed by atoms with E-state index in [2.05, 4.69) is 13.5 Å². The van der Waals surface area contributed by atoms with Crippen molar-refractivity contribution in [3.05, 3.63) is 12.7 Å². The highest BCUT2D eigenvalue weighted by Crippen LogP contribution is 2.42. The summed E-state index contributed by atoms with van der Waals surface area (Å²) < 4.78 is 10.8. The van der Waals surface area contributed by atoms with Gasteiger partial charge < -0.3 is 9.47 Å². The van der Waals surface area contributed by atoms with Gasteiger partial charge in [0.25, 0.3) is 0 Å². The first-order valence-corrected chi connectivity index (χ1v) is 13.5. The molecule has 3 fully saturated rings. The van der Waals surface area contributed by atoms with Crippen molar-refractivity contribution in [3.8, 4) is 0 Å². The first-order valence-electron chi connectivity index (χ1n) is 13.5. The highest BCUT2D eigenvalue weighted by Gasteiger charge is 2.31. The van der Waals surface area contributed by atoms with Crippen LogP contribution in [0.15, 0.2) is 12.7 Å². The maximum Gasteiger partial charge on any atom is 0.330 e. The molecule has 0 aromatic rings. The summed E-state index contributed by atoms with van der Waals surface area (Å²) >= 11 is 0. The minimum absolute atomic E-state index is 0.00978. The van der Waals surface area contributed by atoms with E-state index in [9.17, 15) is 9.59 Å². The van der Waals surface area contributed by atoms with Gasteiger partial charge in [-0.1, -0.05) is 39.2 Å². The number of carbonyl (C=O) groups is 2. The van der Waals surface area contributed by atoms with E-state index in [1.54, 1.807) is 0 Å². The van der Waals surface area contributed by atoms with E-state index >= 15 is 0 Å². The Morgan fingerprint density at radius 3 is 1.69 bits per heavy atom. The fraction of sp³-hybridized carbons (Fsp3) is 0.857. The molecule has 4 heteroatoms. The molecule has 0 aliphatic heterocycles. The van der Waals surface area contributed by atoms with Crippen molar-refractivity contribution in [2.75, 3.05) is 13.2 Å². The number of esters is 2. The average molecular weight is 447 g/mol. The van der Waals surface area contributed by atoms with Crippen LogP contribution in [0.5, 0.6) is 0 Å². The van der Waals surface area contributed by atoms with Gasteiger partial charge in [-0.25, -0.2) is 4.79 Å². The lowest BCUT2D eigenvalue weighted by atomic mass is 9.68. The number of ether oxygens (including phenoxy) is 2. The molecule has 0 saturated heterocycles. The summed E-state index contributed by atoms with van der Waals surface area (Å²) in [4.78, 5) is 23.6. The number of carbonyl (C=O) groups excluding carboxylic acids is 2. The van der Waals surface area contributed by atoms with Crippen molar-refractivity contribution >= 4 is 11.9 Å². The van der Waals surface area contributed by atoms with Crippen LogP contribution in [0.3, 0.4) is 0 Å². The molecule has 0 unspecified atom stereocenters. The van der Waals surface area contributed by atoms with Crippen LogP contribution in [0.4, 0.5) is 0 Å². The van der Waals surface area contributed by atoms with E-state index in [0.717, 1.165) is 43.4 Å². The minimum Gasteiger partial charge on any atom is -0.465 e. The van der Waals surface area contributed by atoms with Gasteiger partial charge in [-0.15, -0.1) is 0 Å². The van der Waals surface area contributed by atoms with Gasteiger partial charge in [0, 0.05) is 12.5 Å². The van der Waals surface area contributed by atoms with Gasteiger partial charge in [0.2, 0.25) is 0 Å². The van der Waals surface area contributed by atoms with Crippen LogP contribution in [-0.2, 0) is 19.1 Å². The molecular weight excluding hydrogens is 400 g/mol. The van der Waals surface area contributed by atoms with Crippen molar-refractivity contribution < 1.29 is 19.1 Å². The lowest BCUT2D eigenvalue weighted by Gasteiger charge is -2.37.